The van der Waals surface area contributed by atoms with Crippen LogP contribution in [0.5, 0.6) is 0 Å². The van der Waals surface area contributed by atoms with Crippen molar-refractivity contribution in [3.63, 3.8) is 0 Å². The molecule has 0 aliphatic heterocycles. The first-order valence-corrected chi connectivity index (χ1v) is 8.27. The predicted molar refractivity (Wildman–Crippen MR) is 87.9 cm³/mol. The third-order valence-electron chi connectivity index (χ3n) is 3.69. The highest BCUT2D eigenvalue weighted by molar-refractivity contribution is 7.15. The van der Waals surface area contributed by atoms with Gasteiger partial charge in [-0.1, -0.05) is 6.07 Å². The summed E-state index contributed by atoms with van der Waals surface area (Å²) in [6.45, 7) is 3.75. The van der Waals surface area contributed by atoms with Crippen molar-refractivity contribution in [1.82, 2.24) is 15.3 Å². The zero-order valence-corrected chi connectivity index (χ0v) is 13.7. The zero-order valence-electron chi connectivity index (χ0n) is 12.9. The van der Waals surface area contributed by atoms with Crippen LogP contribution in [0.15, 0.2) is 18.2 Å². The number of pyridine rings is 1. The molecule has 0 saturated heterocycles. The van der Waals surface area contributed by atoms with Gasteiger partial charge in [0.25, 0.3) is 0 Å². The maximum Gasteiger partial charge on any atom is 0.185 e. The van der Waals surface area contributed by atoms with E-state index in [1.807, 2.05) is 31.4 Å². The van der Waals surface area contributed by atoms with Crippen LogP contribution in [-0.2, 0) is 13.1 Å². The zero-order chi connectivity index (χ0) is 14.8. The molecular weight excluding hydrogens is 280 g/mol. The number of anilines is 1. The summed E-state index contributed by atoms with van der Waals surface area (Å²) in [6, 6.07) is 6.17. The highest BCUT2D eigenvalue weighted by Gasteiger charge is 2.30. The number of aromatic nitrogens is 2. The maximum atomic E-state index is 4.89. The molecule has 3 rings (SSSR count). The molecule has 1 N–H and O–H groups in total. The summed E-state index contributed by atoms with van der Waals surface area (Å²) in [6.07, 6.45) is 2.59. The van der Waals surface area contributed by atoms with Gasteiger partial charge in [-0.2, -0.15) is 0 Å². The SMILES string of the molecule is CNCc1sc(N(C)Cc2cccc(C)n2)nc1C1CC1. The molecule has 2 aromatic heterocycles. The number of hydrogen-bond donors (Lipinski definition) is 1. The summed E-state index contributed by atoms with van der Waals surface area (Å²) in [7, 11) is 4.10. The van der Waals surface area contributed by atoms with E-state index in [1.165, 1.54) is 23.4 Å². The lowest BCUT2D eigenvalue weighted by Gasteiger charge is -2.15. The minimum atomic E-state index is 0.698. The van der Waals surface area contributed by atoms with Crippen molar-refractivity contribution in [3.8, 4) is 0 Å². The molecule has 0 unspecified atom stereocenters. The Bertz CT molecular complexity index is 618. The topological polar surface area (TPSA) is 41.0 Å². The Morgan fingerprint density at radius 1 is 1.33 bits per heavy atom. The molecule has 1 aliphatic rings. The first-order chi connectivity index (χ1) is 10.2. The van der Waals surface area contributed by atoms with Gasteiger partial charge in [-0.3, -0.25) is 4.98 Å². The summed E-state index contributed by atoms with van der Waals surface area (Å²) in [5.41, 5.74) is 3.47. The fraction of sp³-hybridized carbons (Fsp3) is 0.500. The molecule has 1 aliphatic carbocycles. The second-order valence-electron chi connectivity index (χ2n) is 5.74. The quantitative estimate of drug-likeness (QED) is 0.890. The number of nitrogens with zero attached hydrogens (tertiary/aromatic N) is 3. The Morgan fingerprint density at radius 2 is 2.14 bits per heavy atom. The van der Waals surface area contributed by atoms with Crippen LogP contribution < -0.4 is 10.2 Å². The summed E-state index contributed by atoms with van der Waals surface area (Å²) < 4.78 is 0. The molecule has 2 heterocycles. The van der Waals surface area contributed by atoms with Crippen molar-refractivity contribution in [2.24, 2.45) is 0 Å². The Labute approximate surface area is 130 Å². The largest absolute Gasteiger partial charge is 0.345 e. The summed E-state index contributed by atoms with van der Waals surface area (Å²) in [5.74, 6) is 0.698. The van der Waals surface area contributed by atoms with Crippen LogP contribution in [0, 0.1) is 6.92 Å². The third kappa shape index (κ3) is 3.41. The molecule has 4 nitrogen and oxygen atoms in total. The van der Waals surface area contributed by atoms with Gasteiger partial charge < -0.3 is 10.2 Å². The number of aryl methyl sites for hydroxylation is 1. The van der Waals surface area contributed by atoms with Gasteiger partial charge in [0, 0.05) is 30.1 Å². The molecule has 21 heavy (non-hydrogen) atoms. The van der Waals surface area contributed by atoms with E-state index in [-0.39, 0.29) is 0 Å². The Kier molecular flexibility index (Phi) is 4.22. The molecule has 0 spiro atoms. The number of hydrogen-bond acceptors (Lipinski definition) is 5. The number of thiazole rings is 1. The van der Waals surface area contributed by atoms with E-state index >= 15 is 0 Å². The van der Waals surface area contributed by atoms with Gasteiger partial charge in [0.05, 0.1) is 17.9 Å². The lowest BCUT2D eigenvalue weighted by molar-refractivity contribution is 0.811. The maximum absolute atomic E-state index is 4.89. The van der Waals surface area contributed by atoms with E-state index in [9.17, 15) is 0 Å². The Balaban J connectivity index is 1.77. The van der Waals surface area contributed by atoms with Crippen LogP contribution in [0.25, 0.3) is 0 Å². The third-order valence-corrected chi connectivity index (χ3v) is 4.87. The van der Waals surface area contributed by atoms with Crippen molar-refractivity contribution in [2.45, 2.75) is 38.8 Å². The van der Waals surface area contributed by atoms with Crippen molar-refractivity contribution >= 4 is 16.5 Å². The van der Waals surface area contributed by atoms with Gasteiger partial charge in [-0.05, 0) is 38.9 Å². The van der Waals surface area contributed by atoms with Gasteiger partial charge in [0.15, 0.2) is 5.13 Å². The minimum absolute atomic E-state index is 0.698. The van der Waals surface area contributed by atoms with Crippen molar-refractivity contribution in [2.75, 3.05) is 19.0 Å². The lowest BCUT2D eigenvalue weighted by atomic mass is 10.2. The van der Waals surface area contributed by atoms with Crippen molar-refractivity contribution < 1.29 is 0 Å². The lowest BCUT2D eigenvalue weighted by Crippen LogP contribution is -2.17. The molecule has 112 valence electrons. The van der Waals surface area contributed by atoms with Crippen molar-refractivity contribution in [1.29, 1.82) is 0 Å². The van der Waals surface area contributed by atoms with Crippen LogP contribution in [0.1, 0.15) is 40.7 Å². The average molecular weight is 302 g/mol. The average Bonchev–Trinajstić information content (AvgIpc) is 3.20. The number of rotatable bonds is 6. The first-order valence-electron chi connectivity index (χ1n) is 7.45. The molecule has 1 fully saturated rings. The van der Waals surface area contributed by atoms with Gasteiger partial charge in [0.2, 0.25) is 0 Å². The molecule has 1 saturated carbocycles. The van der Waals surface area contributed by atoms with Gasteiger partial charge in [-0.25, -0.2) is 4.98 Å². The summed E-state index contributed by atoms with van der Waals surface area (Å²) in [4.78, 5) is 13.1. The van der Waals surface area contributed by atoms with Crippen LogP contribution in [-0.4, -0.2) is 24.1 Å². The van der Waals surface area contributed by atoms with E-state index in [0.717, 1.165) is 29.6 Å². The van der Waals surface area contributed by atoms with Gasteiger partial charge >= 0.3 is 0 Å². The standard InChI is InChI=1S/C16H22N4S/c1-11-5-4-6-13(18-11)10-20(3)16-19-15(12-7-8-12)14(21-16)9-17-2/h4-6,12,17H,7-10H2,1-3H3. The van der Waals surface area contributed by atoms with E-state index in [4.69, 9.17) is 4.98 Å². The van der Waals surface area contributed by atoms with Crippen LogP contribution in [0.3, 0.4) is 0 Å². The van der Waals surface area contributed by atoms with Crippen molar-refractivity contribution in [3.05, 3.63) is 40.2 Å². The smallest absolute Gasteiger partial charge is 0.185 e. The predicted octanol–water partition coefficient (Wildman–Crippen LogP) is 3.08. The monoisotopic (exact) mass is 302 g/mol. The molecule has 2 aromatic rings. The second-order valence-corrected chi connectivity index (χ2v) is 6.80. The van der Waals surface area contributed by atoms with E-state index in [0.29, 0.717) is 5.92 Å². The van der Waals surface area contributed by atoms with Crippen LogP contribution >= 0.6 is 11.3 Å². The molecule has 0 aromatic carbocycles. The van der Waals surface area contributed by atoms with E-state index < -0.39 is 0 Å². The fourth-order valence-electron chi connectivity index (χ4n) is 2.48. The van der Waals surface area contributed by atoms with Gasteiger partial charge in [0.1, 0.15) is 0 Å². The summed E-state index contributed by atoms with van der Waals surface area (Å²) in [5, 5.41) is 4.36. The van der Waals surface area contributed by atoms with E-state index in [2.05, 4.69) is 34.4 Å². The van der Waals surface area contributed by atoms with Crippen LogP contribution in [0.4, 0.5) is 5.13 Å². The molecule has 0 amide bonds. The molecular formula is C16H22N4S. The Hall–Kier alpha value is -1.46. The first kappa shape index (κ1) is 14.5. The van der Waals surface area contributed by atoms with Gasteiger partial charge in [-0.15, -0.1) is 11.3 Å². The molecule has 0 bridgehead atoms. The molecule has 5 heteroatoms. The normalized spacial score (nSPS) is 14.4. The molecule has 0 atom stereocenters. The highest BCUT2D eigenvalue weighted by Crippen LogP contribution is 2.44. The summed E-state index contributed by atoms with van der Waals surface area (Å²) >= 11 is 1.81. The van der Waals surface area contributed by atoms with E-state index in [1.54, 1.807) is 0 Å². The number of nitrogens with one attached hydrogen (secondary N) is 1. The Morgan fingerprint density at radius 3 is 2.81 bits per heavy atom. The molecule has 0 radical (unpaired) electrons. The fourth-order valence-corrected chi connectivity index (χ4v) is 3.59. The minimum Gasteiger partial charge on any atom is -0.345 e. The van der Waals surface area contributed by atoms with Crippen LogP contribution in [0.2, 0.25) is 0 Å². The highest BCUT2D eigenvalue weighted by atomic mass is 32.1. The second kappa shape index (κ2) is 6.12.